The Kier molecular flexibility index (Phi) is 4.85. The first-order valence-corrected chi connectivity index (χ1v) is 7.71. The lowest BCUT2D eigenvalue weighted by atomic mass is 10.1. The SMILES string of the molecule is CC(=O)Nc1ccsc1CNc1ccc(C)c(N(C)C)c1. The van der Waals surface area contributed by atoms with Crippen molar-refractivity contribution in [3.05, 3.63) is 40.1 Å². The summed E-state index contributed by atoms with van der Waals surface area (Å²) in [5.74, 6) is -0.0418. The number of aryl methyl sites for hydroxylation is 1. The number of anilines is 3. The lowest BCUT2D eigenvalue weighted by molar-refractivity contribution is -0.114. The summed E-state index contributed by atoms with van der Waals surface area (Å²) in [6.45, 7) is 4.33. The van der Waals surface area contributed by atoms with Crippen molar-refractivity contribution in [3.8, 4) is 0 Å². The van der Waals surface area contributed by atoms with Crippen molar-refractivity contribution in [2.75, 3.05) is 29.6 Å². The summed E-state index contributed by atoms with van der Waals surface area (Å²) < 4.78 is 0. The van der Waals surface area contributed by atoms with Crippen LogP contribution in [-0.4, -0.2) is 20.0 Å². The Hall–Kier alpha value is -2.01. The van der Waals surface area contributed by atoms with Crippen LogP contribution in [0.25, 0.3) is 0 Å². The van der Waals surface area contributed by atoms with Crippen molar-refractivity contribution in [2.45, 2.75) is 20.4 Å². The molecule has 1 amide bonds. The topological polar surface area (TPSA) is 44.4 Å². The molecular formula is C16H21N3OS. The van der Waals surface area contributed by atoms with Gasteiger partial charge in [0, 0.05) is 37.3 Å². The Labute approximate surface area is 129 Å². The largest absolute Gasteiger partial charge is 0.380 e. The number of carbonyl (C=O) groups is 1. The highest BCUT2D eigenvalue weighted by Crippen LogP contribution is 2.26. The minimum absolute atomic E-state index is 0.0418. The van der Waals surface area contributed by atoms with E-state index in [0.717, 1.165) is 16.3 Å². The minimum Gasteiger partial charge on any atom is -0.380 e. The zero-order chi connectivity index (χ0) is 15.4. The van der Waals surface area contributed by atoms with Crippen LogP contribution in [0.15, 0.2) is 29.6 Å². The fourth-order valence-corrected chi connectivity index (χ4v) is 2.93. The van der Waals surface area contributed by atoms with E-state index in [0.29, 0.717) is 6.54 Å². The molecule has 1 aromatic carbocycles. The zero-order valence-corrected chi connectivity index (χ0v) is 13.7. The quantitative estimate of drug-likeness (QED) is 0.885. The molecule has 0 saturated heterocycles. The molecule has 0 aliphatic carbocycles. The van der Waals surface area contributed by atoms with Gasteiger partial charge in [-0.05, 0) is 36.1 Å². The molecule has 0 unspecified atom stereocenters. The normalized spacial score (nSPS) is 10.3. The first kappa shape index (κ1) is 15.4. The maximum atomic E-state index is 11.2. The number of nitrogens with zero attached hydrogens (tertiary/aromatic N) is 1. The van der Waals surface area contributed by atoms with Gasteiger partial charge in [-0.3, -0.25) is 4.79 Å². The van der Waals surface area contributed by atoms with E-state index in [9.17, 15) is 4.79 Å². The van der Waals surface area contributed by atoms with E-state index in [2.05, 4.69) is 40.7 Å². The van der Waals surface area contributed by atoms with Crippen molar-refractivity contribution < 1.29 is 4.79 Å². The maximum Gasteiger partial charge on any atom is 0.221 e. The number of hydrogen-bond acceptors (Lipinski definition) is 4. The van der Waals surface area contributed by atoms with Gasteiger partial charge in [0.15, 0.2) is 0 Å². The van der Waals surface area contributed by atoms with Gasteiger partial charge in [0.05, 0.1) is 12.2 Å². The second-order valence-electron chi connectivity index (χ2n) is 5.19. The summed E-state index contributed by atoms with van der Waals surface area (Å²) >= 11 is 1.64. The molecule has 0 radical (unpaired) electrons. The van der Waals surface area contributed by atoms with Crippen LogP contribution in [0.2, 0.25) is 0 Å². The zero-order valence-electron chi connectivity index (χ0n) is 12.9. The second kappa shape index (κ2) is 6.63. The third-order valence-corrected chi connectivity index (χ3v) is 4.12. The number of hydrogen-bond donors (Lipinski definition) is 2. The van der Waals surface area contributed by atoms with Crippen molar-refractivity contribution in [3.63, 3.8) is 0 Å². The molecule has 112 valence electrons. The maximum absolute atomic E-state index is 11.2. The Bertz CT molecular complexity index is 634. The van der Waals surface area contributed by atoms with E-state index in [1.165, 1.54) is 18.2 Å². The predicted molar refractivity (Wildman–Crippen MR) is 91.5 cm³/mol. The van der Waals surface area contributed by atoms with Crippen molar-refractivity contribution in [1.82, 2.24) is 0 Å². The highest BCUT2D eigenvalue weighted by atomic mass is 32.1. The van der Waals surface area contributed by atoms with Gasteiger partial charge >= 0.3 is 0 Å². The molecule has 2 N–H and O–H groups in total. The van der Waals surface area contributed by atoms with Crippen molar-refractivity contribution in [2.24, 2.45) is 0 Å². The van der Waals surface area contributed by atoms with Crippen molar-refractivity contribution >= 4 is 34.3 Å². The highest BCUT2D eigenvalue weighted by Gasteiger charge is 2.07. The standard InChI is InChI=1S/C16H21N3OS/c1-11-5-6-13(9-15(11)19(3)4)17-10-16-14(7-8-21-16)18-12(2)20/h5-9,17H,10H2,1-4H3,(H,18,20). The Morgan fingerprint density at radius 2 is 2.05 bits per heavy atom. The predicted octanol–water partition coefficient (Wildman–Crippen LogP) is 3.69. The average Bonchev–Trinajstić information content (AvgIpc) is 2.84. The molecule has 2 rings (SSSR count). The van der Waals surface area contributed by atoms with Gasteiger partial charge in [-0.2, -0.15) is 0 Å². The third-order valence-electron chi connectivity index (χ3n) is 3.20. The van der Waals surface area contributed by atoms with Crippen LogP contribution in [0.1, 0.15) is 17.4 Å². The summed E-state index contributed by atoms with van der Waals surface area (Å²) in [7, 11) is 4.08. The van der Waals surface area contributed by atoms with Gasteiger partial charge < -0.3 is 15.5 Å². The van der Waals surface area contributed by atoms with E-state index in [4.69, 9.17) is 0 Å². The van der Waals surface area contributed by atoms with Gasteiger partial charge in [-0.1, -0.05) is 6.07 Å². The molecule has 0 saturated carbocycles. The first-order valence-electron chi connectivity index (χ1n) is 6.83. The number of thiophene rings is 1. The molecule has 1 aromatic heterocycles. The van der Waals surface area contributed by atoms with Crippen LogP contribution in [0.4, 0.5) is 17.1 Å². The van der Waals surface area contributed by atoms with Gasteiger partial charge in [0.1, 0.15) is 0 Å². The van der Waals surface area contributed by atoms with E-state index >= 15 is 0 Å². The molecule has 21 heavy (non-hydrogen) atoms. The van der Waals surface area contributed by atoms with E-state index in [1.807, 2.05) is 25.5 Å². The molecule has 0 fully saturated rings. The average molecular weight is 303 g/mol. The summed E-state index contributed by atoms with van der Waals surface area (Å²) in [5.41, 5.74) is 4.42. The third kappa shape index (κ3) is 3.98. The molecule has 5 heteroatoms. The fourth-order valence-electron chi connectivity index (χ4n) is 2.16. The summed E-state index contributed by atoms with van der Waals surface area (Å²) in [6, 6.07) is 8.26. The first-order chi connectivity index (χ1) is 9.97. The number of carbonyl (C=O) groups excluding carboxylic acids is 1. The van der Waals surface area contributed by atoms with Gasteiger partial charge in [0.25, 0.3) is 0 Å². The molecule has 4 nitrogen and oxygen atoms in total. The van der Waals surface area contributed by atoms with E-state index in [-0.39, 0.29) is 5.91 Å². The van der Waals surface area contributed by atoms with Crippen molar-refractivity contribution in [1.29, 1.82) is 0 Å². The second-order valence-corrected chi connectivity index (χ2v) is 6.19. The minimum atomic E-state index is -0.0418. The lowest BCUT2D eigenvalue weighted by Crippen LogP contribution is -2.11. The number of rotatable bonds is 5. The van der Waals surface area contributed by atoms with Crippen LogP contribution in [0.3, 0.4) is 0 Å². The van der Waals surface area contributed by atoms with Crippen LogP contribution in [-0.2, 0) is 11.3 Å². The van der Waals surface area contributed by atoms with Gasteiger partial charge in [0.2, 0.25) is 5.91 Å². The molecule has 0 bridgehead atoms. The summed E-state index contributed by atoms with van der Waals surface area (Å²) in [5, 5.41) is 8.26. The molecule has 0 aliphatic rings. The van der Waals surface area contributed by atoms with Crippen LogP contribution in [0.5, 0.6) is 0 Å². The monoisotopic (exact) mass is 303 g/mol. The van der Waals surface area contributed by atoms with E-state index in [1.54, 1.807) is 11.3 Å². The van der Waals surface area contributed by atoms with Gasteiger partial charge in [-0.15, -0.1) is 11.3 Å². The summed E-state index contributed by atoms with van der Waals surface area (Å²) in [4.78, 5) is 14.4. The molecule has 2 aromatic rings. The molecule has 0 spiro atoms. The van der Waals surface area contributed by atoms with E-state index < -0.39 is 0 Å². The van der Waals surface area contributed by atoms with Crippen LogP contribution >= 0.6 is 11.3 Å². The molecule has 0 atom stereocenters. The highest BCUT2D eigenvalue weighted by molar-refractivity contribution is 7.10. The molecule has 1 heterocycles. The molecular weight excluding hydrogens is 282 g/mol. The van der Waals surface area contributed by atoms with Crippen LogP contribution < -0.4 is 15.5 Å². The smallest absolute Gasteiger partial charge is 0.221 e. The Morgan fingerprint density at radius 1 is 1.29 bits per heavy atom. The lowest BCUT2D eigenvalue weighted by Gasteiger charge is -2.17. The van der Waals surface area contributed by atoms with Crippen LogP contribution in [0, 0.1) is 6.92 Å². The number of nitrogens with one attached hydrogen (secondary N) is 2. The Balaban J connectivity index is 2.08. The number of amides is 1. The number of benzene rings is 1. The van der Waals surface area contributed by atoms with Gasteiger partial charge in [-0.25, -0.2) is 0 Å². The Morgan fingerprint density at radius 3 is 2.71 bits per heavy atom. The fraction of sp³-hybridized carbons (Fsp3) is 0.312. The summed E-state index contributed by atoms with van der Waals surface area (Å²) in [6.07, 6.45) is 0. The molecule has 0 aliphatic heterocycles.